The summed E-state index contributed by atoms with van der Waals surface area (Å²) in [4.78, 5) is 15.0. The van der Waals surface area contributed by atoms with Crippen LogP contribution in [0.5, 0.6) is 0 Å². The first-order valence-corrected chi connectivity index (χ1v) is 10.6. The van der Waals surface area contributed by atoms with Gasteiger partial charge in [0.1, 0.15) is 5.41 Å². The van der Waals surface area contributed by atoms with E-state index in [4.69, 9.17) is 4.43 Å². The first kappa shape index (κ1) is 16.7. The summed E-state index contributed by atoms with van der Waals surface area (Å²) in [6, 6.07) is 0.0130. The molecule has 1 N–H and O–H groups in total. The highest BCUT2D eigenvalue weighted by Crippen LogP contribution is 2.55. The minimum absolute atomic E-state index is 0.00732. The predicted molar refractivity (Wildman–Crippen MR) is 92.3 cm³/mol. The lowest BCUT2D eigenvalue weighted by Gasteiger charge is -2.42. The summed E-state index contributed by atoms with van der Waals surface area (Å²) in [5, 5.41) is 10.8. The van der Waals surface area contributed by atoms with Gasteiger partial charge in [0.25, 0.3) is 0 Å². The van der Waals surface area contributed by atoms with Crippen LogP contribution in [-0.4, -0.2) is 50.5 Å². The topological polar surface area (TPSA) is 49.8 Å². The molecule has 0 unspecified atom stereocenters. The van der Waals surface area contributed by atoms with Gasteiger partial charge in [0, 0.05) is 18.7 Å². The number of likely N-dealkylation sites (N-methyl/N-ethyl adjacent to an activating group) is 1. The van der Waals surface area contributed by atoms with Gasteiger partial charge in [-0.3, -0.25) is 4.79 Å². The van der Waals surface area contributed by atoms with Crippen molar-refractivity contribution in [2.24, 2.45) is 5.41 Å². The number of carbonyl (C=O) groups is 1. The first-order chi connectivity index (χ1) is 10.8. The van der Waals surface area contributed by atoms with Crippen LogP contribution in [0.25, 0.3) is 0 Å². The second-order valence-corrected chi connectivity index (χ2v) is 12.4. The molecule has 2 atom stereocenters. The van der Waals surface area contributed by atoms with Crippen molar-refractivity contribution in [3.8, 4) is 0 Å². The van der Waals surface area contributed by atoms with Crippen LogP contribution in [-0.2, 0) is 9.22 Å². The highest BCUT2D eigenvalue weighted by Gasteiger charge is 2.63. The lowest BCUT2D eigenvalue weighted by atomic mass is 9.80. The summed E-state index contributed by atoms with van der Waals surface area (Å²) in [6.45, 7) is 9.19. The van der Waals surface area contributed by atoms with Crippen LogP contribution in [0.3, 0.4) is 0 Å². The van der Waals surface area contributed by atoms with Gasteiger partial charge >= 0.3 is 0 Å². The summed E-state index contributed by atoms with van der Waals surface area (Å²) in [6.07, 6.45) is 4.83. The highest BCUT2D eigenvalue weighted by molar-refractivity contribution is 6.84. The van der Waals surface area contributed by atoms with E-state index in [0.717, 1.165) is 10.8 Å². The Balaban J connectivity index is 2.33. The van der Waals surface area contributed by atoms with Crippen molar-refractivity contribution in [2.45, 2.75) is 51.2 Å². The monoisotopic (exact) mass is 333 g/mol. The van der Waals surface area contributed by atoms with Crippen LogP contribution < -0.4 is 0 Å². The zero-order valence-electron chi connectivity index (χ0n) is 14.7. The second-order valence-electron chi connectivity index (χ2n) is 7.67. The molecule has 0 saturated carbocycles. The van der Waals surface area contributed by atoms with E-state index in [2.05, 4.69) is 45.6 Å². The molecule has 1 aliphatic carbocycles. The second kappa shape index (κ2) is 5.45. The molecule has 0 radical (unpaired) electrons. The third-order valence-electron chi connectivity index (χ3n) is 5.84. The summed E-state index contributed by atoms with van der Waals surface area (Å²) in [5.41, 5.74) is 4.41. The van der Waals surface area contributed by atoms with Crippen molar-refractivity contribution < 1.29 is 14.3 Å². The Kier molecular flexibility index (Phi) is 3.96. The Morgan fingerprint density at radius 1 is 1.43 bits per heavy atom. The highest BCUT2D eigenvalue weighted by atomic mass is 28.4. The van der Waals surface area contributed by atoms with Crippen LogP contribution in [0.15, 0.2) is 28.7 Å². The molecule has 4 aliphatic rings. The van der Waals surface area contributed by atoms with Gasteiger partial charge in [-0.25, -0.2) is 0 Å². The molecule has 1 amide bonds. The van der Waals surface area contributed by atoms with Gasteiger partial charge < -0.3 is 14.4 Å². The van der Waals surface area contributed by atoms with E-state index < -0.39 is 13.7 Å². The van der Waals surface area contributed by atoms with Crippen molar-refractivity contribution in [1.29, 1.82) is 0 Å². The first-order valence-electron chi connectivity index (χ1n) is 8.50. The summed E-state index contributed by atoms with van der Waals surface area (Å²) in [5.74, 6) is 0.125. The third kappa shape index (κ3) is 2.07. The number of nitrogens with zero attached hydrogens (tertiary/aromatic N) is 1. The number of carbonyl (C=O) groups excluding carboxylic acids is 1. The molecule has 126 valence electrons. The molecule has 5 heteroatoms. The summed E-state index contributed by atoms with van der Waals surface area (Å²) in [7, 11) is -0.464. The average molecular weight is 334 g/mol. The Bertz CT molecular complexity index is 622. The molecule has 0 aromatic carbocycles. The fourth-order valence-electron chi connectivity index (χ4n) is 4.54. The quantitative estimate of drug-likeness (QED) is 0.490. The van der Waals surface area contributed by atoms with Crippen LogP contribution in [0.4, 0.5) is 0 Å². The van der Waals surface area contributed by atoms with Crippen molar-refractivity contribution >= 4 is 14.2 Å². The number of amides is 1. The van der Waals surface area contributed by atoms with Gasteiger partial charge in [0.2, 0.25) is 14.2 Å². The van der Waals surface area contributed by atoms with Crippen molar-refractivity contribution in [1.82, 2.24) is 4.90 Å². The minimum Gasteiger partial charge on any atom is -0.410 e. The van der Waals surface area contributed by atoms with Crippen molar-refractivity contribution in [3.63, 3.8) is 0 Å². The lowest BCUT2D eigenvalue weighted by Crippen LogP contribution is -2.53. The molecule has 23 heavy (non-hydrogen) atoms. The van der Waals surface area contributed by atoms with E-state index in [1.54, 1.807) is 0 Å². The molecule has 3 aliphatic heterocycles. The van der Waals surface area contributed by atoms with E-state index in [9.17, 15) is 9.90 Å². The molecule has 3 heterocycles. The molecule has 0 aromatic rings. The maximum absolute atomic E-state index is 13.2. The van der Waals surface area contributed by atoms with E-state index in [1.807, 2.05) is 11.9 Å². The van der Waals surface area contributed by atoms with Gasteiger partial charge in [0.05, 0.1) is 19.3 Å². The fraction of sp³-hybridized carbons (Fsp3) is 0.667. The smallest absolute Gasteiger partial charge is 0.239 e. The largest absolute Gasteiger partial charge is 0.410 e. The zero-order valence-corrected chi connectivity index (χ0v) is 15.7. The predicted octanol–water partition coefficient (Wildman–Crippen LogP) is 2.55. The van der Waals surface area contributed by atoms with E-state index in [1.165, 1.54) is 0 Å². The minimum atomic E-state index is -2.33. The molecular formula is C18H27NO3Si. The molecule has 4 nitrogen and oxygen atoms in total. The number of hydrogen-bond acceptors (Lipinski definition) is 3. The maximum Gasteiger partial charge on any atom is 0.239 e. The van der Waals surface area contributed by atoms with Crippen LogP contribution in [0.2, 0.25) is 11.1 Å². The number of aliphatic hydroxyl groups excluding tert-OH is 1. The van der Waals surface area contributed by atoms with Gasteiger partial charge in [-0.05, 0) is 16.7 Å². The number of fused-ring (bicyclic) bond motifs is 2. The molecule has 4 rings (SSSR count). The van der Waals surface area contributed by atoms with Gasteiger partial charge in [-0.1, -0.05) is 39.8 Å². The van der Waals surface area contributed by atoms with Crippen LogP contribution in [0.1, 0.15) is 34.1 Å². The van der Waals surface area contributed by atoms with Crippen LogP contribution >= 0.6 is 0 Å². The molecule has 2 bridgehead atoms. The Labute approximate surface area is 139 Å². The standard InChI is InChI=1S/C18H27NO3Si/c1-12(2)23(13(3)4)16-9-14(10-20)8-15-6-7-18(16,11-22-23)17(21)19(15)5/h6-7,12-13,15,20H,8,10-11H2,1-5H3/t9?,15-,18-/m0/s1. The maximum atomic E-state index is 13.2. The van der Waals surface area contributed by atoms with Gasteiger partial charge in [-0.15, -0.1) is 5.73 Å². The Morgan fingerprint density at radius 3 is 2.65 bits per heavy atom. The summed E-state index contributed by atoms with van der Waals surface area (Å²) < 4.78 is 6.50. The zero-order chi connectivity index (χ0) is 17.0. The molecule has 1 spiro atoms. The SMILES string of the molecule is CC(C)[Si]1(C(C)C)OC[C@@]23C=C[C@@H](CC(CO)=C=C21)N(C)C3=O. The molecule has 1 saturated heterocycles. The molecule has 1 fully saturated rings. The van der Waals surface area contributed by atoms with E-state index >= 15 is 0 Å². The normalized spacial score (nSPS) is 32.1. The lowest BCUT2D eigenvalue weighted by molar-refractivity contribution is -0.139. The average Bonchev–Trinajstić information content (AvgIpc) is 2.80. The van der Waals surface area contributed by atoms with E-state index in [0.29, 0.717) is 24.1 Å². The molecular weight excluding hydrogens is 306 g/mol. The Morgan fingerprint density at radius 2 is 2.09 bits per heavy atom. The molecule has 0 aromatic heterocycles. The fourth-order valence-corrected chi connectivity index (χ4v) is 9.64. The Hall–Kier alpha value is -1.13. The summed E-state index contributed by atoms with van der Waals surface area (Å²) >= 11 is 0. The van der Waals surface area contributed by atoms with Gasteiger partial charge in [0.15, 0.2) is 0 Å². The van der Waals surface area contributed by atoms with Crippen molar-refractivity contribution in [3.05, 3.63) is 28.7 Å². The third-order valence-corrected chi connectivity index (χ3v) is 11.2. The number of hydrogen-bond donors (Lipinski definition) is 1. The number of aliphatic hydroxyl groups is 1. The van der Waals surface area contributed by atoms with Crippen molar-refractivity contribution in [2.75, 3.05) is 20.3 Å². The van der Waals surface area contributed by atoms with E-state index in [-0.39, 0.29) is 18.6 Å². The van der Waals surface area contributed by atoms with Crippen LogP contribution in [0, 0.1) is 5.41 Å². The number of rotatable bonds is 3. The van der Waals surface area contributed by atoms with Gasteiger partial charge in [-0.2, -0.15) is 0 Å².